The van der Waals surface area contributed by atoms with Crippen molar-refractivity contribution in [2.45, 2.75) is 51.8 Å². The lowest BCUT2D eigenvalue weighted by molar-refractivity contribution is -0.0667. The van der Waals surface area contributed by atoms with Crippen LogP contribution < -0.4 is 5.32 Å². The molecule has 6 heteroatoms. The fourth-order valence-electron chi connectivity index (χ4n) is 2.12. The van der Waals surface area contributed by atoms with Crippen LogP contribution in [0, 0.1) is 5.41 Å². The summed E-state index contributed by atoms with van der Waals surface area (Å²) in [6, 6.07) is 0. The highest BCUT2D eigenvalue weighted by atomic mass is 32.2. The Balaban J connectivity index is 2.78. The minimum Gasteiger partial charge on any atom is -0.355 e. The molecule has 0 aromatic rings. The second-order valence-electron chi connectivity index (χ2n) is 7.46. The topological polar surface area (TPSA) is 61.8 Å². The molecule has 0 saturated carbocycles. The Hall–Kier alpha value is -0.780. The zero-order chi connectivity index (χ0) is 16.0. The van der Waals surface area contributed by atoms with Crippen LogP contribution in [0.15, 0.2) is 4.99 Å². The summed E-state index contributed by atoms with van der Waals surface area (Å²) in [7, 11) is -1.37. The molecule has 0 unspecified atom stereocenters. The van der Waals surface area contributed by atoms with Crippen LogP contribution in [0.2, 0.25) is 0 Å². The van der Waals surface area contributed by atoms with Crippen LogP contribution in [0.5, 0.6) is 0 Å². The van der Waals surface area contributed by atoms with Crippen molar-refractivity contribution in [3.8, 4) is 0 Å². The predicted octanol–water partition coefficient (Wildman–Crippen LogP) is 1.51. The largest absolute Gasteiger partial charge is 0.355 e. The summed E-state index contributed by atoms with van der Waals surface area (Å²) in [4.78, 5) is 6.49. The van der Waals surface area contributed by atoms with E-state index in [4.69, 9.17) is 0 Å². The monoisotopic (exact) mass is 303 g/mol. The Kier molecular flexibility index (Phi) is 4.23. The summed E-state index contributed by atoms with van der Waals surface area (Å²) in [5, 5.41) is 3.21. The van der Waals surface area contributed by atoms with Gasteiger partial charge in [-0.1, -0.05) is 13.8 Å². The van der Waals surface area contributed by atoms with Crippen LogP contribution in [0.25, 0.3) is 0 Å². The first kappa shape index (κ1) is 17.3. The highest BCUT2D eigenvalue weighted by molar-refractivity contribution is 7.92. The number of aliphatic imine (C=N–C) groups is 1. The van der Waals surface area contributed by atoms with Gasteiger partial charge in [0.25, 0.3) is 0 Å². The summed E-state index contributed by atoms with van der Waals surface area (Å²) in [6.07, 6.45) is 1.27. The molecule has 0 amide bonds. The van der Waals surface area contributed by atoms with Gasteiger partial charge in [0.05, 0.1) is 4.75 Å². The van der Waals surface area contributed by atoms with Gasteiger partial charge in [-0.3, -0.25) is 4.99 Å². The smallest absolute Gasteiger partial charge is 0.194 e. The predicted molar refractivity (Wildman–Crippen MR) is 84.9 cm³/mol. The molecular formula is C14H29N3O2S. The van der Waals surface area contributed by atoms with Gasteiger partial charge in [0, 0.05) is 37.3 Å². The van der Waals surface area contributed by atoms with E-state index in [1.165, 1.54) is 6.26 Å². The Morgan fingerprint density at radius 2 is 1.80 bits per heavy atom. The molecule has 0 atom stereocenters. The van der Waals surface area contributed by atoms with E-state index in [0.717, 1.165) is 12.5 Å². The van der Waals surface area contributed by atoms with E-state index in [-0.39, 0.29) is 11.0 Å². The molecule has 1 saturated heterocycles. The van der Waals surface area contributed by atoms with Crippen LogP contribution in [0.4, 0.5) is 0 Å². The van der Waals surface area contributed by atoms with E-state index >= 15 is 0 Å². The molecule has 1 rings (SSSR count). The van der Waals surface area contributed by atoms with Crippen LogP contribution in [-0.2, 0) is 9.84 Å². The van der Waals surface area contributed by atoms with Crippen molar-refractivity contribution in [3.05, 3.63) is 0 Å². The third kappa shape index (κ3) is 2.80. The van der Waals surface area contributed by atoms with E-state index in [2.05, 4.69) is 42.9 Å². The normalized spacial score (nSPS) is 22.4. The number of likely N-dealkylation sites (tertiary alicyclic amines) is 1. The summed E-state index contributed by atoms with van der Waals surface area (Å²) in [5.41, 5.74) is 0.223. The first-order valence-electron chi connectivity index (χ1n) is 6.94. The number of guanidine groups is 1. The van der Waals surface area contributed by atoms with Crippen molar-refractivity contribution < 1.29 is 8.42 Å². The number of hydrogen-bond donors (Lipinski definition) is 1. The Bertz CT molecular complexity index is 505. The van der Waals surface area contributed by atoms with Gasteiger partial charge in [0.2, 0.25) is 0 Å². The molecule has 0 radical (unpaired) electrons. The maximum absolute atomic E-state index is 11.7. The second-order valence-corrected chi connectivity index (χ2v) is 10.1. The maximum Gasteiger partial charge on any atom is 0.194 e. The maximum atomic E-state index is 11.7. The van der Waals surface area contributed by atoms with Crippen LogP contribution in [0.3, 0.4) is 0 Å². The number of nitrogens with zero attached hydrogens (tertiary/aromatic N) is 2. The summed E-state index contributed by atoms with van der Waals surface area (Å²) >= 11 is 0. The lowest BCUT2D eigenvalue weighted by atomic mass is 9.65. The third-order valence-corrected chi connectivity index (χ3v) is 7.18. The molecule has 0 aliphatic carbocycles. The van der Waals surface area contributed by atoms with Crippen molar-refractivity contribution >= 4 is 15.8 Å². The van der Waals surface area contributed by atoms with Gasteiger partial charge in [0.15, 0.2) is 15.8 Å². The Labute approximate surface area is 123 Å². The third-order valence-electron chi connectivity index (χ3n) is 5.03. The molecule has 1 N–H and O–H groups in total. The standard InChI is InChI=1S/C14H29N3O2S/c1-12(2)10-17(14(12,5)6)11(15-7)16-9-13(3,4)20(8,18)19/h9-10H2,1-8H3,(H,15,16). The van der Waals surface area contributed by atoms with Crippen molar-refractivity contribution in [3.63, 3.8) is 0 Å². The summed E-state index contributed by atoms with van der Waals surface area (Å²) < 4.78 is 22.7. The molecule has 1 heterocycles. The number of nitrogens with one attached hydrogen (secondary N) is 1. The van der Waals surface area contributed by atoms with Gasteiger partial charge >= 0.3 is 0 Å². The summed E-state index contributed by atoms with van der Waals surface area (Å²) in [5.74, 6) is 0.769. The minimum absolute atomic E-state index is 0.00404. The van der Waals surface area contributed by atoms with Gasteiger partial charge < -0.3 is 10.2 Å². The number of rotatable bonds is 3. The number of sulfone groups is 1. The van der Waals surface area contributed by atoms with E-state index in [1.54, 1.807) is 20.9 Å². The fourth-order valence-corrected chi connectivity index (χ4v) is 2.45. The molecule has 1 aliphatic rings. The van der Waals surface area contributed by atoms with Crippen molar-refractivity contribution in [1.82, 2.24) is 10.2 Å². The van der Waals surface area contributed by atoms with Crippen molar-refractivity contribution in [2.24, 2.45) is 10.4 Å². The van der Waals surface area contributed by atoms with Crippen LogP contribution in [-0.4, -0.2) is 56.0 Å². The molecule has 118 valence electrons. The lowest BCUT2D eigenvalue weighted by Gasteiger charge is -2.62. The lowest BCUT2D eigenvalue weighted by Crippen LogP contribution is -2.72. The summed E-state index contributed by atoms with van der Waals surface area (Å²) in [6.45, 7) is 13.6. The average Bonchev–Trinajstić information content (AvgIpc) is 2.26. The van der Waals surface area contributed by atoms with Crippen LogP contribution >= 0.6 is 0 Å². The van der Waals surface area contributed by atoms with E-state index < -0.39 is 14.6 Å². The van der Waals surface area contributed by atoms with Gasteiger partial charge in [-0.05, 0) is 27.7 Å². The quantitative estimate of drug-likeness (QED) is 0.634. The molecule has 1 fully saturated rings. The van der Waals surface area contributed by atoms with Gasteiger partial charge in [0.1, 0.15) is 0 Å². The van der Waals surface area contributed by atoms with Crippen molar-refractivity contribution in [2.75, 3.05) is 26.4 Å². The average molecular weight is 303 g/mol. The Morgan fingerprint density at radius 1 is 1.30 bits per heavy atom. The van der Waals surface area contributed by atoms with E-state index in [0.29, 0.717) is 6.54 Å². The minimum atomic E-state index is -3.11. The van der Waals surface area contributed by atoms with Gasteiger partial charge in [-0.2, -0.15) is 0 Å². The zero-order valence-electron chi connectivity index (χ0n) is 14.0. The second kappa shape index (κ2) is 4.90. The van der Waals surface area contributed by atoms with E-state index in [9.17, 15) is 8.42 Å². The SMILES string of the molecule is CN=C(NCC(C)(C)S(C)(=O)=O)N1CC(C)(C)C1(C)C. The first-order valence-corrected chi connectivity index (χ1v) is 8.83. The molecule has 0 aromatic heterocycles. The van der Waals surface area contributed by atoms with Crippen molar-refractivity contribution in [1.29, 1.82) is 0 Å². The fraction of sp³-hybridized carbons (Fsp3) is 0.929. The molecular weight excluding hydrogens is 274 g/mol. The first-order chi connectivity index (χ1) is 8.76. The molecule has 5 nitrogen and oxygen atoms in total. The molecule has 20 heavy (non-hydrogen) atoms. The highest BCUT2D eigenvalue weighted by Crippen LogP contribution is 2.46. The molecule has 1 aliphatic heterocycles. The van der Waals surface area contributed by atoms with Gasteiger partial charge in [-0.15, -0.1) is 0 Å². The molecule has 0 aromatic carbocycles. The van der Waals surface area contributed by atoms with Crippen LogP contribution in [0.1, 0.15) is 41.5 Å². The number of hydrogen-bond acceptors (Lipinski definition) is 3. The molecule has 0 bridgehead atoms. The molecule has 0 spiro atoms. The Morgan fingerprint density at radius 3 is 2.10 bits per heavy atom. The van der Waals surface area contributed by atoms with E-state index in [1.807, 2.05) is 0 Å². The van der Waals surface area contributed by atoms with Gasteiger partial charge in [-0.25, -0.2) is 8.42 Å². The zero-order valence-corrected chi connectivity index (χ0v) is 14.8. The highest BCUT2D eigenvalue weighted by Gasteiger charge is 2.53.